The van der Waals surface area contributed by atoms with Crippen LogP contribution in [0.2, 0.25) is 5.02 Å². The molecule has 3 heterocycles. The Labute approximate surface area is 192 Å². The maximum absolute atomic E-state index is 13.1. The van der Waals surface area contributed by atoms with Gasteiger partial charge in [0.05, 0.1) is 39.4 Å². The van der Waals surface area contributed by atoms with Gasteiger partial charge in [-0.3, -0.25) is 14.2 Å². The molecule has 0 fully saturated rings. The number of carbonyl (C=O) groups excluding carboxylic acids is 1. The van der Waals surface area contributed by atoms with E-state index in [0.717, 1.165) is 52.2 Å². The molecule has 0 saturated carbocycles. The highest BCUT2D eigenvalue weighted by molar-refractivity contribution is 6.31. The van der Waals surface area contributed by atoms with Crippen LogP contribution in [0.3, 0.4) is 0 Å². The third kappa shape index (κ3) is 4.12. The van der Waals surface area contributed by atoms with Crippen LogP contribution in [0.25, 0.3) is 22.2 Å². The number of halogens is 1. The highest BCUT2D eigenvalue weighted by Gasteiger charge is 2.16. The predicted molar refractivity (Wildman–Crippen MR) is 127 cm³/mol. The molecule has 3 aromatic heterocycles. The van der Waals surface area contributed by atoms with Crippen molar-refractivity contribution in [2.75, 3.05) is 6.54 Å². The van der Waals surface area contributed by atoms with Crippen molar-refractivity contribution in [3.05, 3.63) is 64.2 Å². The van der Waals surface area contributed by atoms with Gasteiger partial charge in [0.25, 0.3) is 5.91 Å². The lowest BCUT2D eigenvalue weighted by molar-refractivity contribution is 0.0954. The Bertz CT molecular complexity index is 1290. The lowest BCUT2D eigenvalue weighted by Gasteiger charge is -2.11. The number of hydrogen-bond donors (Lipinski definition) is 1. The Morgan fingerprint density at radius 2 is 1.91 bits per heavy atom. The molecule has 7 nitrogen and oxygen atoms in total. The lowest BCUT2D eigenvalue weighted by Crippen LogP contribution is -2.26. The second-order valence-corrected chi connectivity index (χ2v) is 8.23. The van der Waals surface area contributed by atoms with E-state index in [-0.39, 0.29) is 5.91 Å². The summed E-state index contributed by atoms with van der Waals surface area (Å²) in [6, 6.07) is 9.58. The average molecular weight is 451 g/mol. The number of pyridine rings is 1. The summed E-state index contributed by atoms with van der Waals surface area (Å²) in [5.74, 6) is -0.114. The standard InChI is InChI=1S/C24H27ClN6O/c1-5-30-16(3)20(14-27-30)22-13-19(18-9-6-7-10-21(18)28-22)24(32)26-11-8-12-31-17(4)23(25)15(2)29-31/h6-7,9-10,13-14H,5,8,11-12H2,1-4H3,(H,26,32). The van der Waals surface area contributed by atoms with Crippen molar-refractivity contribution < 1.29 is 4.79 Å². The van der Waals surface area contributed by atoms with E-state index >= 15 is 0 Å². The molecule has 1 aromatic carbocycles. The fourth-order valence-electron chi connectivity index (χ4n) is 3.94. The topological polar surface area (TPSA) is 77.6 Å². The fraction of sp³-hybridized carbons (Fsp3) is 0.333. The average Bonchev–Trinajstić information content (AvgIpc) is 3.29. The van der Waals surface area contributed by atoms with E-state index in [9.17, 15) is 4.79 Å². The second kappa shape index (κ2) is 9.12. The zero-order chi connectivity index (χ0) is 22.8. The minimum Gasteiger partial charge on any atom is -0.352 e. The Hall–Kier alpha value is -3.19. The van der Waals surface area contributed by atoms with Gasteiger partial charge >= 0.3 is 0 Å². The minimum absolute atomic E-state index is 0.114. The van der Waals surface area contributed by atoms with Gasteiger partial charge in [0, 0.05) is 36.3 Å². The fourth-order valence-corrected chi connectivity index (χ4v) is 4.07. The van der Waals surface area contributed by atoms with Crippen molar-refractivity contribution >= 4 is 28.4 Å². The molecule has 0 aliphatic rings. The Kier molecular flexibility index (Phi) is 6.28. The number of benzene rings is 1. The number of carbonyl (C=O) groups is 1. The van der Waals surface area contributed by atoms with E-state index in [4.69, 9.17) is 16.6 Å². The van der Waals surface area contributed by atoms with Crippen LogP contribution in [0.15, 0.2) is 36.5 Å². The molecule has 1 amide bonds. The van der Waals surface area contributed by atoms with Crippen LogP contribution >= 0.6 is 11.6 Å². The lowest BCUT2D eigenvalue weighted by atomic mass is 10.0. The number of aromatic nitrogens is 5. The third-order valence-electron chi connectivity index (χ3n) is 5.76. The number of amides is 1. The molecule has 0 aliphatic heterocycles. The molecule has 0 bridgehead atoms. The van der Waals surface area contributed by atoms with Crippen molar-refractivity contribution in [1.82, 2.24) is 29.9 Å². The molecule has 0 atom stereocenters. The SMILES string of the molecule is CCn1ncc(-c2cc(C(=O)NCCCn3nc(C)c(Cl)c3C)c3ccccc3n2)c1C. The zero-order valence-electron chi connectivity index (χ0n) is 18.8. The summed E-state index contributed by atoms with van der Waals surface area (Å²) in [6.45, 7) is 9.93. The molecule has 0 radical (unpaired) electrons. The Morgan fingerprint density at radius 1 is 1.12 bits per heavy atom. The molecule has 166 valence electrons. The number of nitrogens with zero attached hydrogens (tertiary/aromatic N) is 5. The van der Waals surface area contributed by atoms with Crippen molar-refractivity contribution in [3.8, 4) is 11.3 Å². The molecule has 0 unspecified atom stereocenters. The van der Waals surface area contributed by atoms with Crippen LogP contribution < -0.4 is 5.32 Å². The smallest absolute Gasteiger partial charge is 0.252 e. The maximum atomic E-state index is 13.1. The summed E-state index contributed by atoms with van der Waals surface area (Å²) in [5.41, 5.74) is 5.90. The molecule has 4 aromatic rings. The summed E-state index contributed by atoms with van der Waals surface area (Å²) in [6.07, 6.45) is 2.57. The molecule has 0 spiro atoms. The number of aryl methyl sites for hydroxylation is 3. The van der Waals surface area contributed by atoms with E-state index < -0.39 is 0 Å². The van der Waals surface area contributed by atoms with Crippen molar-refractivity contribution in [2.45, 2.75) is 47.2 Å². The van der Waals surface area contributed by atoms with Gasteiger partial charge in [0.2, 0.25) is 0 Å². The number of nitrogens with one attached hydrogen (secondary N) is 1. The predicted octanol–water partition coefficient (Wildman–Crippen LogP) is 4.71. The van der Waals surface area contributed by atoms with Crippen molar-refractivity contribution in [1.29, 1.82) is 0 Å². The van der Waals surface area contributed by atoms with Gasteiger partial charge < -0.3 is 5.32 Å². The monoisotopic (exact) mass is 450 g/mol. The molecule has 8 heteroatoms. The Balaban J connectivity index is 1.55. The zero-order valence-corrected chi connectivity index (χ0v) is 19.6. The number of fused-ring (bicyclic) bond motifs is 1. The first kappa shape index (κ1) is 22.0. The second-order valence-electron chi connectivity index (χ2n) is 7.85. The van der Waals surface area contributed by atoms with Gasteiger partial charge in [-0.1, -0.05) is 29.8 Å². The van der Waals surface area contributed by atoms with Gasteiger partial charge in [0.15, 0.2) is 0 Å². The molecular formula is C24H27ClN6O. The van der Waals surface area contributed by atoms with Crippen LogP contribution in [0, 0.1) is 20.8 Å². The number of rotatable bonds is 7. The van der Waals surface area contributed by atoms with E-state index in [1.54, 1.807) is 0 Å². The van der Waals surface area contributed by atoms with Crippen LogP contribution in [-0.4, -0.2) is 37.0 Å². The first-order chi connectivity index (χ1) is 15.4. The summed E-state index contributed by atoms with van der Waals surface area (Å²) < 4.78 is 3.81. The molecule has 0 aliphatic carbocycles. The highest BCUT2D eigenvalue weighted by Crippen LogP contribution is 2.27. The van der Waals surface area contributed by atoms with Gasteiger partial charge in [-0.05, 0) is 46.2 Å². The normalized spacial score (nSPS) is 11.3. The maximum Gasteiger partial charge on any atom is 0.252 e. The van der Waals surface area contributed by atoms with E-state index in [0.29, 0.717) is 23.7 Å². The van der Waals surface area contributed by atoms with Crippen molar-refractivity contribution in [2.24, 2.45) is 0 Å². The summed E-state index contributed by atoms with van der Waals surface area (Å²) >= 11 is 6.22. The summed E-state index contributed by atoms with van der Waals surface area (Å²) in [4.78, 5) is 17.9. The van der Waals surface area contributed by atoms with Gasteiger partial charge in [-0.25, -0.2) is 4.98 Å². The molecule has 4 rings (SSSR count). The number of para-hydroxylation sites is 1. The third-order valence-corrected chi connectivity index (χ3v) is 6.31. The summed E-state index contributed by atoms with van der Waals surface area (Å²) in [7, 11) is 0. The van der Waals surface area contributed by atoms with Gasteiger partial charge in [-0.2, -0.15) is 10.2 Å². The Morgan fingerprint density at radius 3 is 2.59 bits per heavy atom. The number of hydrogen-bond acceptors (Lipinski definition) is 4. The largest absolute Gasteiger partial charge is 0.352 e. The summed E-state index contributed by atoms with van der Waals surface area (Å²) in [5, 5.41) is 13.5. The quantitative estimate of drug-likeness (QED) is 0.413. The first-order valence-corrected chi connectivity index (χ1v) is 11.2. The van der Waals surface area contributed by atoms with Gasteiger partial charge in [0.1, 0.15) is 0 Å². The molecule has 0 saturated heterocycles. The molecule has 32 heavy (non-hydrogen) atoms. The first-order valence-electron chi connectivity index (χ1n) is 10.8. The van der Waals surface area contributed by atoms with Gasteiger partial charge in [-0.15, -0.1) is 0 Å². The van der Waals surface area contributed by atoms with Crippen LogP contribution in [0.5, 0.6) is 0 Å². The highest BCUT2D eigenvalue weighted by atomic mass is 35.5. The van der Waals surface area contributed by atoms with E-state index in [1.165, 1.54) is 0 Å². The van der Waals surface area contributed by atoms with E-state index in [1.807, 2.05) is 66.7 Å². The van der Waals surface area contributed by atoms with Crippen LogP contribution in [0.1, 0.15) is 40.8 Å². The van der Waals surface area contributed by atoms with Crippen LogP contribution in [-0.2, 0) is 13.1 Å². The van der Waals surface area contributed by atoms with E-state index in [2.05, 4.69) is 22.4 Å². The molecular weight excluding hydrogens is 424 g/mol. The van der Waals surface area contributed by atoms with Crippen molar-refractivity contribution in [3.63, 3.8) is 0 Å². The minimum atomic E-state index is -0.114. The van der Waals surface area contributed by atoms with Crippen LogP contribution in [0.4, 0.5) is 0 Å². The molecule has 1 N–H and O–H groups in total.